The first-order valence-corrected chi connectivity index (χ1v) is 44.6. The molecule has 0 aromatic carbocycles. The van der Waals surface area contributed by atoms with Crippen molar-refractivity contribution < 1.29 is 80.2 Å². The molecular formula is C81H154O17P2. The fourth-order valence-electron chi connectivity index (χ4n) is 12.0. The molecule has 0 fully saturated rings. The lowest BCUT2D eigenvalue weighted by Crippen LogP contribution is -2.30. The van der Waals surface area contributed by atoms with Crippen LogP contribution in [0.25, 0.3) is 0 Å². The Morgan fingerprint density at radius 1 is 0.270 bits per heavy atom. The lowest BCUT2D eigenvalue weighted by molar-refractivity contribution is -0.161. The monoisotopic (exact) mass is 1460 g/mol. The van der Waals surface area contributed by atoms with Crippen molar-refractivity contribution in [2.45, 2.75) is 431 Å². The SMILES string of the molecule is CCCCCCCC/C=C\CCCCCCCC(=O)OC[C@H](COP(=O)(O)OC[C@@H](O)COP(=O)(O)OC[C@@H](COC(=O)CCCCCCCCCCCCCCCCCCC)OC(=O)CCCCCCCCCCCCCCC)OC(=O)CCCCCCC/C=C\CCCCCCCC. The fraction of sp³-hybridized carbons (Fsp3) is 0.901. The third-order valence-corrected chi connectivity index (χ3v) is 20.3. The van der Waals surface area contributed by atoms with Gasteiger partial charge in [0, 0.05) is 25.7 Å². The van der Waals surface area contributed by atoms with Gasteiger partial charge in [0.1, 0.15) is 19.3 Å². The molecule has 590 valence electrons. The summed E-state index contributed by atoms with van der Waals surface area (Å²) in [6, 6.07) is 0. The topological polar surface area (TPSA) is 237 Å². The minimum absolute atomic E-state index is 0.0911. The molecule has 2 unspecified atom stereocenters. The van der Waals surface area contributed by atoms with Crippen LogP contribution in [-0.2, 0) is 65.4 Å². The number of aliphatic hydroxyl groups is 1. The second-order valence-electron chi connectivity index (χ2n) is 28.4. The lowest BCUT2D eigenvalue weighted by Gasteiger charge is -2.21. The largest absolute Gasteiger partial charge is 0.472 e. The molecule has 0 aromatic rings. The average molecular weight is 1460 g/mol. The van der Waals surface area contributed by atoms with Crippen molar-refractivity contribution in [2.75, 3.05) is 39.6 Å². The maximum absolute atomic E-state index is 13.1. The van der Waals surface area contributed by atoms with Crippen molar-refractivity contribution in [1.82, 2.24) is 0 Å². The highest BCUT2D eigenvalue weighted by Gasteiger charge is 2.30. The first-order chi connectivity index (χ1) is 48.7. The highest BCUT2D eigenvalue weighted by Crippen LogP contribution is 2.45. The van der Waals surface area contributed by atoms with Crippen molar-refractivity contribution >= 4 is 39.5 Å². The molecule has 3 N–H and O–H groups in total. The standard InChI is InChI=1S/C81H154O17P2/c1-5-9-13-17-21-25-29-33-36-37-40-43-46-50-54-58-62-66-79(84)92-71-76(97-80(85)67-63-59-55-51-47-41-32-28-24-20-16-12-8-4)73-95-99(87,88)93-69-75(82)70-94-100(89,90)96-74-77(98-81(86)68-64-60-56-52-48-44-39-35-31-27-23-19-15-11-7-3)72-91-78(83)65-61-57-53-49-45-42-38-34-30-26-22-18-14-10-6-2/h34-35,38-39,75-77,82H,5-33,36-37,40-74H2,1-4H3,(H,87,88)(H,89,90)/b38-34-,39-35-/t75-,76+,77+/m0/s1. The number of aliphatic hydroxyl groups excluding tert-OH is 1. The third-order valence-electron chi connectivity index (χ3n) is 18.4. The second-order valence-corrected chi connectivity index (χ2v) is 31.3. The van der Waals surface area contributed by atoms with Gasteiger partial charge in [-0.3, -0.25) is 37.3 Å². The Hall–Kier alpha value is -2.46. The molecule has 0 saturated heterocycles. The average Bonchev–Trinajstić information content (AvgIpc) is 0.988. The number of rotatable bonds is 80. The van der Waals surface area contributed by atoms with Gasteiger partial charge in [0.05, 0.1) is 26.4 Å². The second kappa shape index (κ2) is 74.8. The van der Waals surface area contributed by atoms with Gasteiger partial charge in [0.15, 0.2) is 12.2 Å². The van der Waals surface area contributed by atoms with Crippen LogP contribution in [0.2, 0.25) is 0 Å². The Bertz CT molecular complexity index is 1990. The van der Waals surface area contributed by atoms with E-state index in [0.717, 1.165) is 122 Å². The van der Waals surface area contributed by atoms with E-state index in [0.29, 0.717) is 25.7 Å². The molecule has 0 aliphatic rings. The van der Waals surface area contributed by atoms with E-state index in [-0.39, 0.29) is 25.7 Å². The van der Waals surface area contributed by atoms with Gasteiger partial charge in [-0.1, -0.05) is 335 Å². The Morgan fingerprint density at radius 3 is 0.690 bits per heavy atom. The van der Waals surface area contributed by atoms with E-state index in [1.54, 1.807) is 0 Å². The van der Waals surface area contributed by atoms with Crippen LogP contribution in [0.1, 0.15) is 413 Å². The van der Waals surface area contributed by atoms with Crippen molar-refractivity contribution in [3.8, 4) is 0 Å². The van der Waals surface area contributed by atoms with Gasteiger partial charge in [-0.2, -0.15) is 0 Å². The summed E-state index contributed by atoms with van der Waals surface area (Å²) >= 11 is 0. The van der Waals surface area contributed by atoms with E-state index in [4.69, 9.17) is 37.0 Å². The number of carbonyl (C=O) groups excluding carboxylic acids is 4. The van der Waals surface area contributed by atoms with Gasteiger partial charge in [0.25, 0.3) is 0 Å². The van der Waals surface area contributed by atoms with E-state index in [9.17, 15) is 43.2 Å². The molecule has 0 spiro atoms. The van der Waals surface area contributed by atoms with E-state index in [1.807, 2.05) is 0 Å². The van der Waals surface area contributed by atoms with Crippen LogP contribution in [0.4, 0.5) is 0 Å². The first-order valence-electron chi connectivity index (χ1n) is 41.6. The van der Waals surface area contributed by atoms with Gasteiger partial charge < -0.3 is 33.8 Å². The Morgan fingerprint density at radius 2 is 0.460 bits per heavy atom. The normalized spacial score (nSPS) is 13.9. The van der Waals surface area contributed by atoms with Gasteiger partial charge in [-0.15, -0.1) is 0 Å². The summed E-state index contributed by atoms with van der Waals surface area (Å²) in [5, 5.41) is 10.6. The van der Waals surface area contributed by atoms with Crippen LogP contribution >= 0.6 is 15.6 Å². The Balaban J connectivity index is 5.29. The summed E-state index contributed by atoms with van der Waals surface area (Å²) in [5.74, 6) is -2.14. The summed E-state index contributed by atoms with van der Waals surface area (Å²) in [6.07, 6.45) is 70.0. The van der Waals surface area contributed by atoms with Gasteiger partial charge in [-0.05, 0) is 77.0 Å². The molecule has 0 aliphatic heterocycles. The molecule has 17 nitrogen and oxygen atoms in total. The Labute approximate surface area is 612 Å². The number of carbonyl (C=O) groups is 4. The minimum atomic E-state index is -4.97. The van der Waals surface area contributed by atoms with Gasteiger partial charge in [0.2, 0.25) is 0 Å². The summed E-state index contributed by atoms with van der Waals surface area (Å²) in [7, 11) is -9.93. The number of unbranched alkanes of at least 4 members (excludes halogenated alkanes) is 50. The molecule has 5 atom stereocenters. The summed E-state index contributed by atoms with van der Waals surface area (Å²) in [4.78, 5) is 73.0. The van der Waals surface area contributed by atoms with Crippen molar-refractivity contribution in [3.63, 3.8) is 0 Å². The molecule has 0 aromatic heterocycles. The van der Waals surface area contributed by atoms with Crippen molar-refractivity contribution in [1.29, 1.82) is 0 Å². The lowest BCUT2D eigenvalue weighted by atomic mass is 10.0. The number of esters is 4. The molecule has 0 rings (SSSR count). The molecule has 0 saturated carbocycles. The van der Waals surface area contributed by atoms with E-state index in [2.05, 4.69) is 52.0 Å². The zero-order chi connectivity index (χ0) is 73.2. The van der Waals surface area contributed by atoms with E-state index >= 15 is 0 Å². The number of phosphoric ester groups is 2. The molecule has 0 bridgehead atoms. The van der Waals surface area contributed by atoms with Crippen LogP contribution in [0.5, 0.6) is 0 Å². The van der Waals surface area contributed by atoms with E-state index < -0.39 is 97.5 Å². The number of phosphoric acid groups is 2. The smallest absolute Gasteiger partial charge is 0.462 e. The first kappa shape index (κ1) is 97.5. The number of hydrogen-bond acceptors (Lipinski definition) is 15. The molecule has 0 amide bonds. The van der Waals surface area contributed by atoms with Crippen LogP contribution in [0, 0.1) is 0 Å². The number of allylic oxidation sites excluding steroid dienone is 4. The zero-order valence-electron chi connectivity index (χ0n) is 64.7. The fourth-order valence-corrected chi connectivity index (χ4v) is 13.6. The van der Waals surface area contributed by atoms with Gasteiger partial charge >= 0.3 is 39.5 Å². The summed E-state index contributed by atoms with van der Waals surface area (Å²) < 4.78 is 68.7. The Kier molecular flexibility index (Phi) is 73.0. The van der Waals surface area contributed by atoms with Crippen LogP contribution in [-0.4, -0.2) is 96.7 Å². The van der Waals surface area contributed by atoms with E-state index in [1.165, 1.54) is 212 Å². The molecule has 0 heterocycles. The summed E-state index contributed by atoms with van der Waals surface area (Å²) in [5.41, 5.74) is 0. The van der Waals surface area contributed by atoms with Crippen LogP contribution in [0.15, 0.2) is 24.3 Å². The quantitative estimate of drug-likeness (QED) is 0.0169. The number of hydrogen-bond donors (Lipinski definition) is 3. The third kappa shape index (κ3) is 73.8. The predicted octanol–water partition coefficient (Wildman–Crippen LogP) is 24.1. The maximum atomic E-state index is 13.1. The molecule has 0 aliphatic carbocycles. The molecular weight excluding hydrogens is 1310 g/mol. The van der Waals surface area contributed by atoms with Gasteiger partial charge in [-0.25, -0.2) is 9.13 Å². The highest BCUT2D eigenvalue weighted by atomic mass is 31.2. The highest BCUT2D eigenvalue weighted by molar-refractivity contribution is 7.47. The van der Waals surface area contributed by atoms with Crippen molar-refractivity contribution in [3.05, 3.63) is 24.3 Å². The maximum Gasteiger partial charge on any atom is 0.472 e. The van der Waals surface area contributed by atoms with Crippen LogP contribution < -0.4 is 0 Å². The molecule has 0 radical (unpaired) electrons. The molecule has 19 heteroatoms. The number of ether oxygens (including phenoxy) is 4. The summed E-state index contributed by atoms with van der Waals surface area (Å²) in [6.45, 7) is 4.97. The van der Waals surface area contributed by atoms with Crippen molar-refractivity contribution in [2.24, 2.45) is 0 Å². The predicted molar refractivity (Wildman–Crippen MR) is 409 cm³/mol. The molecule has 100 heavy (non-hydrogen) atoms. The van der Waals surface area contributed by atoms with Crippen LogP contribution in [0.3, 0.4) is 0 Å². The zero-order valence-corrected chi connectivity index (χ0v) is 66.5. The minimum Gasteiger partial charge on any atom is -0.462 e.